The molecule has 2 aromatic heterocycles. The van der Waals surface area contributed by atoms with E-state index in [1.165, 1.54) is 17.7 Å². The van der Waals surface area contributed by atoms with E-state index in [9.17, 15) is 10.1 Å². The number of urea groups is 1. The van der Waals surface area contributed by atoms with Gasteiger partial charge in [-0.3, -0.25) is 5.10 Å². The average molecular weight is 540 g/mol. The third-order valence-corrected chi connectivity index (χ3v) is 7.35. The van der Waals surface area contributed by atoms with Crippen molar-refractivity contribution in [2.45, 2.75) is 0 Å². The number of aromatic amines is 1. The van der Waals surface area contributed by atoms with Crippen molar-refractivity contribution < 1.29 is 9.53 Å². The van der Waals surface area contributed by atoms with Crippen molar-refractivity contribution in [2.24, 2.45) is 0 Å². The zero-order chi connectivity index (χ0) is 25.1. The van der Waals surface area contributed by atoms with Crippen LogP contribution in [-0.4, -0.2) is 47.5 Å². The first-order valence-corrected chi connectivity index (χ1v) is 12.5. The highest BCUT2D eigenvalue weighted by Gasteiger charge is 2.26. The van der Waals surface area contributed by atoms with Gasteiger partial charge in [0.15, 0.2) is 5.82 Å². The molecule has 0 spiro atoms. The molecule has 1 saturated heterocycles. The van der Waals surface area contributed by atoms with Crippen LogP contribution in [0.5, 0.6) is 0 Å². The van der Waals surface area contributed by atoms with Gasteiger partial charge in [0.25, 0.3) is 0 Å². The Bertz CT molecular complexity index is 1430. The number of anilines is 3. The number of nitriles is 1. The maximum atomic E-state index is 12.5. The second kappa shape index (κ2) is 10.6. The number of nitrogens with zero attached hydrogens (tertiary/aromatic N) is 4. The fourth-order valence-corrected chi connectivity index (χ4v) is 5.59. The fraction of sp³-hybridized carbons (Fsp3) is 0.167. The number of nitrogens with one attached hydrogen (secondary N) is 3. The summed E-state index contributed by atoms with van der Waals surface area (Å²) in [4.78, 5) is 19.8. The molecule has 0 atom stereocenters. The van der Waals surface area contributed by atoms with Gasteiger partial charge < -0.3 is 20.3 Å². The molecule has 12 heteroatoms. The number of aromatic nitrogens is 3. The van der Waals surface area contributed by atoms with Gasteiger partial charge in [0.05, 0.1) is 34.4 Å². The highest BCUT2D eigenvalue weighted by atomic mass is 35.5. The Morgan fingerprint density at radius 2 is 1.92 bits per heavy atom. The number of benzene rings is 2. The number of carbonyl (C=O) groups excluding carboxylic acids is 1. The average Bonchev–Trinajstić information content (AvgIpc) is 3.55. The summed E-state index contributed by atoms with van der Waals surface area (Å²) in [6.45, 7) is 2.64. The third-order valence-electron chi connectivity index (χ3n) is 5.54. The summed E-state index contributed by atoms with van der Waals surface area (Å²) in [6, 6.07) is 14.0. The lowest BCUT2D eigenvalue weighted by molar-refractivity contribution is 0.123. The van der Waals surface area contributed by atoms with Gasteiger partial charge in [-0.05, 0) is 35.9 Å². The molecule has 4 aromatic rings. The zero-order valence-corrected chi connectivity index (χ0v) is 21.0. The molecule has 5 rings (SSSR count). The minimum atomic E-state index is -0.447. The molecule has 0 bridgehead atoms. The van der Waals surface area contributed by atoms with Crippen LogP contribution < -0.4 is 15.5 Å². The van der Waals surface area contributed by atoms with Crippen molar-refractivity contribution in [1.29, 1.82) is 5.26 Å². The van der Waals surface area contributed by atoms with E-state index in [2.05, 4.69) is 36.8 Å². The normalized spacial score (nSPS) is 13.3. The quantitative estimate of drug-likeness (QED) is 0.292. The van der Waals surface area contributed by atoms with Crippen LogP contribution in [0.4, 0.5) is 21.2 Å². The van der Waals surface area contributed by atoms with Crippen LogP contribution in [0.1, 0.15) is 5.56 Å². The van der Waals surface area contributed by atoms with Crippen molar-refractivity contribution in [3.05, 3.63) is 64.4 Å². The van der Waals surface area contributed by atoms with Crippen LogP contribution in [0.3, 0.4) is 0 Å². The molecule has 2 aromatic carbocycles. The van der Waals surface area contributed by atoms with Crippen molar-refractivity contribution in [1.82, 2.24) is 15.2 Å². The summed E-state index contributed by atoms with van der Waals surface area (Å²) in [5.41, 5.74) is 3.18. The summed E-state index contributed by atoms with van der Waals surface area (Å²) in [7, 11) is 0. The summed E-state index contributed by atoms with van der Waals surface area (Å²) >= 11 is 13.5. The maximum absolute atomic E-state index is 12.5. The van der Waals surface area contributed by atoms with E-state index in [-0.39, 0.29) is 0 Å². The highest BCUT2D eigenvalue weighted by Crippen LogP contribution is 2.46. The smallest absolute Gasteiger partial charge is 0.323 e. The number of amides is 2. The molecule has 1 fully saturated rings. The Kier molecular flexibility index (Phi) is 7.06. The summed E-state index contributed by atoms with van der Waals surface area (Å²) < 4.78 is 5.48. The first-order valence-electron chi connectivity index (χ1n) is 10.9. The summed E-state index contributed by atoms with van der Waals surface area (Å²) in [6.07, 6.45) is 1.44. The molecule has 1 aliphatic rings. The summed E-state index contributed by atoms with van der Waals surface area (Å²) in [5.74, 6) is 0.590. The van der Waals surface area contributed by atoms with E-state index in [1.54, 1.807) is 30.3 Å². The van der Waals surface area contributed by atoms with Gasteiger partial charge in [-0.25, -0.2) is 9.78 Å². The maximum Gasteiger partial charge on any atom is 0.323 e. The molecule has 0 unspecified atom stereocenters. The van der Waals surface area contributed by atoms with E-state index in [1.807, 2.05) is 12.1 Å². The van der Waals surface area contributed by atoms with Crippen LogP contribution >= 0.6 is 34.5 Å². The number of halogens is 2. The standard InChI is InChI=1S/C24H19Cl2N7O2S/c25-15-3-6-19(18(26)11-15)31-24(34)30-16-4-1-14(2-5-16)20-17(12-27)23(33-7-9-35-10-8-33)36-21(20)22-28-13-29-32-22/h1-6,11,13H,7-10H2,(H,28,29,32)(H2,30,31,34). The number of hydrogen-bond acceptors (Lipinski definition) is 7. The fourth-order valence-electron chi connectivity index (χ4n) is 3.86. The van der Waals surface area contributed by atoms with Crippen molar-refractivity contribution in [3.63, 3.8) is 0 Å². The topological polar surface area (TPSA) is 119 Å². The molecule has 182 valence electrons. The largest absolute Gasteiger partial charge is 0.378 e. The number of thiophene rings is 1. The number of H-pyrrole nitrogens is 1. The first-order chi connectivity index (χ1) is 17.5. The molecule has 36 heavy (non-hydrogen) atoms. The predicted molar refractivity (Wildman–Crippen MR) is 142 cm³/mol. The highest BCUT2D eigenvalue weighted by molar-refractivity contribution is 7.20. The Balaban J connectivity index is 1.42. The second-order valence-electron chi connectivity index (χ2n) is 7.81. The summed E-state index contributed by atoms with van der Waals surface area (Å²) in [5, 5.41) is 24.2. The van der Waals surface area contributed by atoms with Crippen LogP contribution in [0, 0.1) is 11.3 Å². The number of ether oxygens (including phenoxy) is 1. The monoisotopic (exact) mass is 539 g/mol. The Labute approximate surface area is 220 Å². The number of rotatable bonds is 5. The van der Waals surface area contributed by atoms with E-state index in [4.69, 9.17) is 27.9 Å². The van der Waals surface area contributed by atoms with Gasteiger partial charge in [0.1, 0.15) is 17.4 Å². The second-order valence-corrected chi connectivity index (χ2v) is 9.65. The van der Waals surface area contributed by atoms with Crippen molar-refractivity contribution >= 4 is 56.9 Å². The Morgan fingerprint density at radius 3 is 2.58 bits per heavy atom. The number of hydrogen-bond donors (Lipinski definition) is 3. The Morgan fingerprint density at radius 1 is 1.14 bits per heavy atom. The molecule has 0 radical (unpaired) electrons. The SMILES string of the molecule is N#Cc1c(N2CCOCC2)sc(-c2ncn[nH]2)c1-c1ccc(NC(=O)Nc2ccc(Cl)cc2Cl)cc1. The molecule has 0 aliphatic carbocycles. The Hall–Kier alpha value is -3.62. The van der Waals surface area contributed by atoms with Gasteiger partial charge in [-0.1, -0.05) is 35.3 Å². The van der Waals surface area contributed by atoms with Gasteiger partial charge in [0.2, 0.25) is 0 Å². The zero-order valence-electron chi connectivity index (χ0n) is 18.7. The van der Waals surface area contributed by atoms with Gasteiger partial charge >= 0.3 is 6.03 Å². The van der Waals surface area contributed by atoms with Gasteiger partial charge in [-0.15, -0.1) is 11.3 Å². The van der Waals surface area contributed by atoms with Crippen LogP contribution in [0.15, 0.2) is 48.8 Å². The van der Waals surface area contributed by atoms with Crippen LogP contribution in [0.2, 0.25) is 10.0 Å². The molecule has 2 amide bonds. The lowest BCUT2D eigenvalue weighted by Crippen LogP contribution is -2.36. The third kappa shape index (κ3) is 5.01. The van der Waals surface area contributed by atoms with Gasteiger partial charge in [0, 0.05) is 29.4 Å². The van der Waals surface area contributed by atoms with E-state index in [0.717, 1.165) is 21.0 Å². The van der Waals surface area contributed by atoms with Crippen molar-refractivity contribution in [3.8, 4) is 27.9 Å². The van der Waals surface area contributed by atoms with Gasteiger partial charge in [-0.2, -0.15) is 10.4 Å². The van der Waals surface area contributed by atoms with E-state index >= 15 is 0 Å². The number of morpholine rings is 1. The lowest BCUT2D eigenvalue weighted by Gasteiger charge is -2.27. The molecule has 9 nitrogen and oxygen atoms in total. The van der Waals surface area contributed by atoms with Crippen LogP contribution in [0.25, 0.3) is 21.8 Å². The van der Waals surface area contributed by atoms with Crippen molar-refractivity contribution in [2.75, 3.05) is 41.8 Å². The molecular weight excluding hydrogens is 521 g/mol. The molecule has 3 heterocycles. The molecule has 3 N–H and O–H groups in total. The molecule has 0 saturated carbocycles. The lowest BCUT2D eigenvalue weighted by atomic mass is 10.0. The minimum absolute atomic E-state index is 0.338. The molecule has 1 aliphatic heterocycles. The molecular formula is C24H19Cl2N7O2S. The number of carbonyl (C=O) groups is 1. The van der Waals surface area contributed by atoms with Crippen LogP contribution in [-0.2, 0) is 4.74 Å². The minimum Gasteiger partial charge on any atom is -0.378 e. The van der Waals surface area contributed by atoms with E-state index < -0.39 is 6.03 Å². The predicted octanol–water partition coefficient (Wildman–Crippen LogP) is 5.86. The first kappa shape index (κ1) is 24.1. The van der Waals surface area contributed by atoms with E-state index in [0.29, 0.717) is 59.1 Å².